The number of benzene rings is 1. The number of aromatic nitrogens is 3. The average molecular weight is 374 g/mol. The highest BCUT2D eigenvalue weighted by atomic mass is 32.2. The number of piperazine rings is 1. The van der Waals surface area contributed by atoms with Crippen molar-refractivity contribution in [3.63, 3.8) is 0 Å². The summed E-state index contributed by atoms with van der Waals surface area (Å²) in [7, 11) is 0. The van der Waals surface area contributed by atoms with Crippen molar-refractivity contribution >= 4 is 17.7 Å². The maximum Gasteiger partial charge on any atom is 0.235 e. The van der Waals surface area contributed by atoms with Gasteiger partial charge in [0.25, 0.3) is 0 Å². The van der Waals surface area contributed by atoms with Crippen LogP contribution in [0.3, 0.4) is 0 Å². The highest BCUT2D eigenvalue weighted by Crippen LogP contribution is 2.27. The molecule has 1 aliphatic rings. The largest absolute Gasteiger partial charge is 0.339 e. The predicted octanol–water partition coefficient (Wildman–Crippen LogP) is 2.61. The number of carbonyl (C=O) groups excluding carboxylic acids is 1. The number of amides is 1. The molecule has 1 saturated heterocycles. The lowest BCUT2D eigenvalue weighted by Gasteiger charge is -2.35. The maximum atomic E-state index is 12.8. The van der Waals surface area contributed by atoms with Crippen LogP contribution in [0.4, 0.5) is 0 Å². The topological polar surface area (TPSA) is 54.3 Å². The summed E-state index contributed by atoms with van der Waals surface area (Å²) in [5.41, 5.74) is 1.04. The lowest BCUT2D eigenvalue weighted by Crippen LogP contribution is -2.50. The molecule has 0 unspecified atom stereocenters. The molecule has 0 N–H and O–H groups in total. The van der Waals surface area contributed by atoms with E-state index in [0.29, 0.717) is 0 Å². The van der Waals surface area contributed by atoms with Crippen molar-refractivity contribution in [3.05, 3.63) is 30.3 Å². The Balaban J connectivity index is 1.69. The summed E-state index contributed by atoms with van der Waals surface area (Å²) in [6.07, 6.45) is 0. The number of likely N-dealkylation sites (N-methyl/N-ethyl adjacent to an activating group) is 1. The summed E-state index contributed by atoms with van der Waals surface area (Å²) in [4.78, 5) is 17.2. The van der Waals surface area contributed by atoms with E-state index < -0.39 is 0 Å². The van der Waals surface area contributed by atoms with Gasteiger partial charge in [-0.25, -0.2) is 0 Å². The summed E-state index contributed by atoms with van der Waals surface area (Å²) in [5, 5.41) is 9.36. The van der Waals surface area contributed by atoms with Crippen LogP contribution in [-0.4, -0.2) is 68.4 Å². The summed E-state index contributed by atoms with van der Waals surface area (Å²) < 4.78 is 2.08. The Morgan fingerprint density at radius 2 is 1.77 bits per heavy atom. The molecule has 1 fully saturated rings. The predicted molar refractivity (Wildman–Crippen MR) is 105 cm³/mol. The number of rotatable bonds is 6. The minimum Gasteiger partial charge on any atom is -0.339 e. The first-order valence-electron chi connectivity index (χ1n) is 9.30. The Morgan fingerprint density at radius 1 is 1.08 bits per heavy atom. The Labute approximate surface area is 159 Å². The smallest absolute Gasteiger partial charge is 0.235 e. The summed E-state index contributed by atoms with van der Waals surface area (Å²) in [6, 6.07) is 10.1. The number of nitrogens with zero attached hydrogens (tertiary/aromatic N) is 5. The molecule has 1 aromatic heterocycles. The molecule has 26 heavy (non-hydrogen) atoms. The molecular formula is C19H27N5OS. The van der Waals surface area contributed by atoms with Crippen LogP contribution in [0.15, 0.2) is 35.5 Å². The molecule has 140 valence electrons. The van der Waals surface area contributed by atoms with Gasteiger partial charge in [0, 0.05) is 38.3 Å². The molecule has 1 amide bonds. The maximum absolute atomic E-state index is 12.8. The lowest BCUT2D eigenvalue weighted by molar-refractivity contribution is -0.132. The van der Waals surface area contributed by atoms with E-state index in [1.54, 1.807) is 0 Å². The van der Waals surface area contributed by atoms with Crippen molar-refractivity contribution in [2.75, 3.05) is 32.7 Å². The number of hydrogen-bond acceptors (Lipinski definition) is 5. The van der Waals surface area contributed by atoms with E-state index in [0.717, 1.165) is 55.8 Å². The van der Waals surface area contributed by atoms with Gasteiger partial charge >= 0.3 is 0 Å². The number of thioether (sulfide) groups is 1. The summed E-state index contributed by atoms with van der Waals surface area (Å²) in [5.74, 6) is 1.05. The summed E-state index contributed by atoms with van der Waals surface area (Å²) in [6.45, 7) is 11.6. The van der Waals surface area contributed by atoms with Crippen molar-refractivity contribution in [1.82, 2.24) is 24.6 Å². The fourth-order valence-corrected chi connectivity index (χ4v) is 4.21. The third-order valence-corrected chi connectivity index (χ3v) is 5.89. The van der Waals surface area contributed by atoms with Gasteiger partial charge in [0.1, 0.15) is 0 Å². The van der Waals surface area contributed by atoms with Crippen LogP contribution in [0.1, 0.15) is 20.8 Å². The second-order valence-electron chi connectivity index (χ2n) is 6.44. The minimum atomic E-state index is -0.165. The van der Waals surface area contributed by atoms with Crippen molar-refractivity contribution in [2.45, 2.75) is 37.7 Å². The lowest BCUT2D eigenvalue weighted by atomic mass is 10.2. The zero-order valence-corrected chi connectivity index (χ0v) is 16.6. The van der Waals surface area contributed by atoms with Crippen molar-refractivity contribution in [3.8, 4) is 11.4 Å². The van der Waals surface area contributed by atoms with Gasteiger partial charge in [-0.3, -0.25) is 4.79 Å². The molecule has 2 heterocycles. The average Bonchev–Trinajstić information content (AvgIpc) is 3.10. The van der Waals surface area contributed by atoms with E-state index in [9.17, 15) is 4.79 Å². The van der Waals surface area contributed by atoms with Gasteiger partial charge < -0.3 is 14.4 Å². The zero-order valence-electron chi connectivity index (χ0n) is 15.8. The molecule has 2 aromatic rings. The van der Waals surface area contributed by atoms with E-state index in [2.05, 4.69) is 33.5 Å². The van der Waals surface area contributed by atoms with E-state index in [-0.39, 0.29) is 11.2 Å². The molecular weight excluding hydrogens is 346 g/mol. The Bertz CT molecular complexity index is 725. The molecule has 1 aromatic carbocycles. The molecule has 1 aliphatic heterocycles. The third-order valence-electron chi connectivity index (χ3n) is 4.83. The third kappa shape index (κ3) is 4.10. The van der Waals surface area contributed by atoms with Gasteiger partial charge in [0.05, 0.1) is 5.25 Å². The Hall–Kier alpha value is -1.86. The van der Waals surface area contributed by atoms with Crippen LogP contribution >= 0.6 is 11.8 Å². The number of hydrogen-bond donors (Lipinski definition) is 0. The molecule has 7 heteroatoms. The van der Waals surface area contributed by atoms with Gasteiger partial charge in [-0.1, -0.05) is 49.0 Å². The molecule has 3 rings (SSSR count). The molecule has 1 atom stereocenters. The molecule has 0 bridgehead atoms. The van der Waals surface area contributed by atoms with Gasteiger partial charge in [0.2, 0.25) is 5.91 Å². The van der Waals surface area contributed by atoms with Crippen LogP contribution in [0.5, 0.6) is 0 Å². The van der Waals surface area contributed by atoms with Gasteiger partial charge in [-0.2, -0.15) is 0 Å². The number of carbonyl (C=O) groups is 1. The Morgan fingerprint density at radius 3 is 2.38 bits per heavy atom. The first kappa shape index (κ1) is 18.9. The minimum absolute atomic E-state index is 0.165. The summed E-state index contributed by atoms with van der Waals surface area (Å²) >= 11 is 1.50. The van der Waals surface area contributed by atoms with Crippen LogP contribution < -0.4 is 0 Å². The molecule has 6 nitrogen and oxygen atoms in total. The first-order chi connectivity index (χ1) is 12.6. The van der Waals surface area contributed by atoms with Crippen molar-refractivity contribution < 1.29 is 4.79 Å². The van der Waals surface area contributed by atoms with Gasteiger partial charge in [-0.05, 0) is 20.4 Å². The SMILES string of the molecule is CCN1CCN(C(=O)[C@@H](C)Sc2nnc(-c3ccccc3)n2CC)CC1. The highest BCUT2D eigenvalue weighted by Gasteiger charge is 2.26. The van der Waals surface area contributed by atoms with E-state index in [1.807, 2.05) is 42.2 Å². The van der Waals surface area contributed by atoms with Crippen LogP contribution in [-0.2, 0) is 11.3 Å². The van der Waals surface area contributed by atoms with Crippen molar-refractivity contribution in [2.24, 2.45) is 0 Å². The normalized spacial score (nSPS) is 16.7. The van der Waals surface area contributed by atoms with E-state index in [4.69, 9.17) is 0 Å². The monoisotopic (exact) mass is 373 g/mol. The fourth-order valence-electron chi connectivity index (χ4n) is 3.21. The zero-order chi connectivity index (χ0) is 18.5. The quantitative estimate of drug-likeness (QED) is 0.729. The van der Waals surface area contributed by atoms with Crippen molar-refractivity contribution in [1.29, 1.82) is 0 Å². The molecule has 0 radical (unpaired) electrons. The van der Waals surface area contributed by atoms with Gasteiger partial charge in [0.15, 0.2) is 11.0 Å². The molecule has 0 aliphatic carbocycles. The Kier molecular flexibility index (Phi) is 6.32. The second kappa shape index (κ2) is 8.68. The van der Waals surface area contributed by atoms with Crippen LogP contribution in [0.2, 0.25) is 0 Å². The first-order valence-corrected chi connectivity index (χ1v) is 10.2. The van der Waals surface area contributed by atoms with E-state index in [1.165, 1.54) is 11.8 Å². The van der Waals surface area contributed by atoms with Crippen LogP contribution in [0, 0.1) is 0 Å². The highest BCUT2D eigenvalue weighted by molar-refractivity contribution is 8.00. The van der Waals surface area contributed by atoms with Gasteiger partial charge in [-0.15, -0.1) is 10.2 Å². The standard InChI is InChI=1S/C19H27N5OS/c1-4-22-11-13-23(14-12-22)18(25)15(3)26-19-21-20-17(24(19)5-2)16-9-7-6-8-10-16/h6-10,15H,4-5,11-14H2,1-3H3/t15-/m1/s1. The molecule has 0 spiro atoms. The second-order valence-corrected chi connectivity index (χ2v) is 7.74. The van der Waals surface area contributed by atoms with Crippen LogP contribution in [0.25, 0.3) is 11.4 Å². The fraction of sp³-hybridized carbons (Fsp3) is 0.526. The van der Waals surface area contributed by atoms with E-state index >= 15 is 0 Å². The molecule has 0 saturated carbocycles.